The first-order valence-electron chi connectivity index (χ1n) is 7.80. The lowest BCUT2D eigenvalue weighted by Crippen LogP contribution is -2.31. The molecule has 0 radical (unpaired) electrons. The van der Waals surface area contributed by atoms with Crippen molar-refractivity contribution < 1.29 is 19.4 Å². The van der Waals surface area contributed by atoms with Crippen LogP contribution in [0.2, 0.25) is 0 Å². The molecule has 6 heteroatoms. The molecule has 0 aliphatic carbocycles. The van der Waals surface area contributed by atoms with Crippen molar-refractivity contribution >= 4 is 23.3 Å². The largest absolute Gasteiger partial charge is 0.478 e. The maximum absolute atomic E-state index is 12.8. The van der Waals surface area contributed by atoms with E-state index in [0.717, 1.165) is 0 Å². The molecule has 0 unspecified atom stereocenters. The molecule has 2 aromatic carbocycles. The fourth-order valence-electron chi connectivity index (χ4n) is 2.74. The molecule has 0 saturated carbocycles. The van der Waals surface area contributed by atoms with Crippen molar-refractivity contribution in [3.05, 3.63) is 47.5 Å². The highest BCUT2D eigenvalue weighted by Gasteiger charge is 2.28. The zero-order valence-corrected chi connectivity index (χ0v) is 13.5. The maximum atomic E-state index is 12.8. The van der Waals surface area contributed by atoms with Crippen LogP contribution in [0.5, 0.6) is 11.5 Å². The van der Waals surface area contributed by atoms with E-state index in [0.29, 0.717) is 35.8 Å². The van der Waals surface area contributed by atoms with Crippen molar-refractivity contribution in [3.8, 4) is 11.5 Å². The van der Waals surface area contributed by atoms with Crippen LogP contribution in [0.1, 0.15) is 34.6 Å². The summed E-state index contributed by atoms with van der Waals surface area (Å²) in [6.07, 6.45) is 0. The van der Waals surface area contributed by atoms with Crippen molar-refractivity contribution in [2.75, 3.05) is 18.4 Å². The van der Waals surface area contributed by atoms with Gasteiger partial charge < -0.3 is 20.1 Å². The molecule has 0 aromatic heterocycles. The smallest absolute Gasteiger partial charge is 0.339 e. The summed E-state index contributed by atoms with van der Waals surface area (Å²) >= 11 is 0. The van der Waals surface area contributed by atoms with Gasteiger partial charge in [0, 0.05) is 13.1 Å². The Morgan fingerprint density at radius 3 is 2.42 bits per heavy atom. The number of para-hydroxylation sites is 2. The van der Waals surface area contributed by atoms with Gasteiger partial charge in [-0.1, -0.05) is 12.1 Å². The first-order valence-corrected chi connectivity index (χ1v) is 7.80. The Morgan fingerprint density at radius 1 is 1.08 bits per heavy atom. The van der Waals surface area contributed by atoms with Gasteiger partial charge in [-0.25, -0.2) is 4.79 Å². The van der Waals surface area contributed by atoms with Crippen molar-refractivity contribution in [1.82, 2.24) is 4.90 Å². The molecular formula is C18H18N2O4. The molecule has 24 heavy (non-hydrogen) atoms. The van der Waals surface area contributed by atoms with Gasteiger partial charge in [0.15, 0.2) is 11.5 Å². The summed E-state index contributed by atoms with van der Waals surface area (Å²) in [5, 5.41) is 12.6. The monoisotopic (exact) mass is 326 g/mol. The highest BCUT2D eigenvalue weighted by atomic mass is 16.5. The molecule has 124 valence electrons. The second-order valence-electron chi connectivity index (χ2n) is 5.37. The number of carboxylic acid groups (broad SMARTS) is 1. The Labute approximate surface area is 139 Å². The van der Waals surface area contributed by atoms with Gasteiger partial charge in [0.25, 0.3) is 5.91 Å². The Morgan fingerprint density at radius 2 is 1.75 bits per heavy atom. The number of aromatic carboxylic acids is 1. The van der Waals surface area contributed by atoms with E-state index in [1.54, 1.807) is 17.0 Å². The van der Waals surface area contributed by atoms with E-state index in [4.69, 9.17) is 4.74 Å². The minimum atomic E-state index is -1.10. The predicted molar refractivity (Wildman–Crippen MR) is 90.5 cm³/mol. The molecular weight excluding hydrogens is 308 g/mol. The standard InChI is InChI=1S/C18H18N2O4/c1-3-20(4-2)17(21)11-9-10-12(18(22)23)16-15(11)19-13-7-5-6-8-14(13)24-16/h5-10,19H,3-4H2,1-2H3,(H,22,23). The molecule has 0 saturated heterocycles. The van der Waals surface area contributed by atoms with Crippen LogP contribution in [0.15, 0.2) is 36.4 Å². The number of hydrogen-bond donors (Lipinski definition) is 2. The summed E-state index contributed by atoms with van der Waals surface area (Å²) in [7, 11) is 0. The summed E-state index contributed by atoms with van der Waals surface area (Å²) < 4.78 is 5.79. The summed E-state index contributed by atoms with van der Waals surface area (Å²) in [6.45, 7) is 4.95. The van der Waals surface area contributed by atoms with E-state index in [2.05, 4.69) is 5.32 Å². The fraction of sp³-hybridized carbons (Fsp3) is 0.222. The van der Waals surface area contributed by atoms with Gasteiger partial charge in [0.05, 0.1) is 16.9 Å². The van der Waals surface area contributed by atoms with E-state index in [9.17, 15) is 14.7 Å². The maximum Gasteiger partial charge on any atom is 0.339 e. The highest BCUT2D eigenvalue weighted by Crippen LogP contribution is 2.45. The molecule has 1 amide bonds. The quantitative estimate of drug-likeness (QED) is 0.764. The molecule has 1 aliphatic heterocycles. The van der Waals surface area contributed by atoms with E-state index in [-0.39, 0.29) is 17.2 Å². The van der Waals surface area contributed by atoms with Crippen molar-refractivity contribution in [2.45, 2.75) is 13.8 Å². The molecule has 0 bridgehead atoms. The summed E-state index contributed by atoms with van der Waals surface area (Å²) in [4.78, 5) is 25.9. The number of amides is 1. The van der Waals surface area contributed by atoms with Crippen LogP contribution in [0, 0.1) is 0 Å². The molecule has 6 nitrogen and oxygen atoms in total. The van der Waals surface area contributed by atoms with Crippen LogP contribution < -0.4 is 10.1 Å². The average molecular weight is 326 g/mol. The van der Waals surface area contributed by atoms with Crippen molar-refractivity contribution in [1.29, 1.82) is 0 Å². The van der Waals surface area contributed by atoms with Crippen LogP contribution in [-0.2, 0) is 0 Å². The number of anilines is 2. The second-order valence-corrected chi connectivity index (χ2v) is 5.37. The molecule has 0 fully saturated rings. The third-order valence-corrected chi connectivity index (χ3v) is 4.03. The average Bonchev–Trinajstić information content (AvgIpc) is 2.59. The molecule has 3 rings (SSSR count). The van der Waals surface area contributed by atoms with Gasteiger partial charge in [0.1, 0.15) is 5.56 Å². The van der Waals surface area contributed by atoms with Crippen molar-refractivity contribution in [3.63, 3.8) is 0 Å². The number of nitrogens with one attached hydrogen (secondary N) is 1. The number of ether oxygens (including phenoxy) is 1. The summed E-state index contributed by atoms with van der Waals surface area (Å²) in [5.74, 6) is -0.572. The van der Waals surface area contributed by atoms with Gasteiger partial charge in [0.2, 0.25) is 0 Å². The number of carbonyl (C=O) groups excluding carboxylic acids is 1. The lowest BCUT2D eigenvalue weighted by molar-refractivity contribution is 0.0691. The zero-order valence-electron chi connectivity index (χ0n) is 13.5. The topological polar surface area (TPSA) is 78.9 Å². The number of carbonyl (C=O) groups is 2. The van der Waals surface area contributed by atoms with E-state index >= 15 is 0 Å². The van der Waals surface area contributed by atoms with Crippen LogP contribution in [0.25, 0.3) is 0 Å². The Bertz CT molecular complexity index is 813. The number of carboxylic acids is 1. The molecule has 1 heterocycles. The highest BCUT2D eigenvalue weighted by molar-refractivity contribution is 6.06. The van der Waals surface area contributed by atoms with Gasteiger partial charge in [-0.2, -0.15) is 0 Å². The number of benzene rings is 2. The van der Waals surface area contributed by atoms with Crippen LogP contribution in [0.4, 0.5) is 11.4 Å². The molecule has 1 aliphatic rings. The SMILES string of the molecule is CCN(CC)C(=O)c1ccc(C(=O)O)c2c1Nc1ccccc1O2. The van der Waals surface area contributed by atoms with Gasteiger partial charge >= 0.3 is 5.97 Å². The summed E-state index contributed by atoms with van der Waals surface area (Å²) in [5.41, 5.74) is 1.50. The Kier molecular flexibility index (Phi) is 4.12. The summed E-state index contributed by atoms with van der Waals surface area (Å²) in [6, 6.07) is 10.2. The van der Waals surface area contributed by atoms with E-state index in [1.165, 1.54) is 12.1 Å². The molecule has 2 aromatic rings. The lowest BCUT2D eigenvalue weighted by Gasteiger charge is -2.27. The van der Waals surface area contributed by atoms with Crippen LogP contribution in [-0.4, -0.2) is 35.0 Å². The van der Waals surface area contributed by atoms with Gasteiger partial charge in [-0.3, -0.25) is 4.79 Å². The Hall–Kier alpha value is -3.02. The Balaban J connectivity index is 2.15. The van der Waals surface area contributed by atoms with Gasteiger partial charge in [-0.15, -0.1) is 0 Å². The normalized spacial score (nSPS) is 11.6. The van der Waals surface area contributed by atoms with Crippen molar-refractivity contribution in [2.24, 2.45) is 0 Å². The third-order valence-electron chi connectivity index (χ3n) is 4.03. The number of fused-ring (bicyclic) bond motifs is 2. The molecule has 2 N–H and O–H groups in total. The van der Waals surface area contributed by atoms with Gasteiger partial charge in [-0.05, 0) is 38.1 Å². The van der Waals surface area contributed by atoms with Crippen LogP contribution >= 0.6 is 0 Å². The number of nitrogens with zero attached hydrogens (tertiary/aromatic N) is 1. The fourth-order valence-corrected chi connectivity index (χ4v) is 2.74. The van der Waals surface area contributed by atoms with E-state index < -0.39 is 5.97 Å². The lowest BCUT2D eigenvalue weighted by atomic mass is 10.0. The number of rotatable bonds is 4. The molecule has 0 atom stereocenters. The first kappa shape index (κ1) is 15.9. The van der Waals surface area contributed by atoms with E-state index in [1.807, 2.05) is 26.0 Å². The molecule has 0 spiro atoms. The third kappa shape index (κ3) is 2.56. The van der Waals surface area contributed by atoms with Crippen LogP contribution in [0.3, 0.4) is 0 Å². The minimum Gasteiger partial charge on any atom is -0.478 e. The minimum absolute atomic E-state index is 0.0168. The number of hydrogen-bond acceptors (Lipinski definition) is 4. The second kappa shape index (κ2) is 6.23. The first-order chi connectivity index (χ1) is 11.6. The zero-order chi connectivity index (χ0) is 17.3. The predicted octanol–water partition coefficient (Wildman–Crippen LogP) is 3.72.